The lowest BCUT2D eigenvalue weighted by Gasteiger charge is -2.09. The molecule has 7 heteroatoms. The average Bonchev–Trinajstić information content (AvgIpc) is 1.96. The molecule has 0 aliphatic carbocycles. The van der Waals surface area contributed by atoms with Gasteiger partial charge in [-0.1, -0.05) is 15.9 Å². The maximum atomic E-state index is 12.7. The fraction of sp³-hybridized carbons (Fsp3) is 0.143. The second-order valence-electron chi connectivity index (χ2n) is 2.25. The van der Waals surface area contributed by atoms with Gasteiger partial charge < -0.3 is 4.74 Å². The maximum absolute atomic E-state index is 12.7. The van der Waals surface area contributed by atoms with Crippen molar-refractivity contribution >= 4 is 15.9 Å². The molecule has 78 valence electrons. The van der Waals surface area contributed by atoms with Crippen molar-refractivity contribution in [3.8, 4) is 5.75 Å². The summed E-state index contributed by atoms with van der Waals surface area (Å²) in [5.74, 6) is -4.30. The van der Waals surface area contributed by atoms with Crippen molar-refractivity contribution < 1.29 is 26.7 Å². The maximum Gasteiger partial charge on any atom is 0.573 e. The van der Waals surface area contributed by atoms with Crippen molar-refractivity contribution in [1.29, 1.82) is 0 Å². The van der Waals surface area contributed by atoms with E-state index in [0.29, 0.717) is 12.1 Å². The van der Waals surface area contributed by atoms with Crippen molar-refractivity contribution in [2.75, 3.05) is 0 Å². The molecule has 0 aromatic heterocycles. The van der Waals surface area contributed by atoms with Gasteiger partial charge in [0.25, 0.3) is 0 Å². The highest BCUT2D eigenvalue weighted by Gasteiger charge is 2.33. The minimum absolute atomic E-state index is 0.0457. The van der Waals surface area contributed by atoms with E-state index in [4.69, 9.17) is 0 Å². The molecule has 1 rings (SSSR count). The minimum atomic E-state index is -5.05. The fourth-order valence-corrected chi connectivity index (χ4v) is 1.14. The molecule has 0 saturated carbocycles. The SMILES string of the molecule is Fc1cc(Br)cc(OC(F)(F)F)c1F. The number of halogens is 6. The third-order valence-electron chi connectivity index (χ3n) is 1.19. The molecule has 1 aromatic rings. The number of hydrogen-bond donors (Lipinski definition) is 0. The van der Waals surface area contributed by atoms with E-state index in [2.05, 4.69) is 20.7 Å². The first kappa shape index (κ1) is 11.2. The Morgan fingerprint density at radius 3 is 2.21 bits per heavy atom. The van der Waals surface area contributed by atoms with E-state index in [1.807, 2.05) is 0 Å². The molecule has 0 atom stereocenters. The number of rotatable bonds is 1. The lowest BCUT2D eigenvalue weighted by molar-refractivity contribution is -0.275. The first-order chi connectivity index (χ1) is 6.29. The zero-order chi connectivity index (χ0) is 10.9. The van der Waals surface area contributed by atoms with E-state index < -0.39 is 23.7 Å². The number of alkyl halides is 3. The van der Waals surface area contributed by atoms with Crippen LogP contribution in [0.5, 0.6) is 5.75 Å². The molecule has 0 unspecified atom stereocenters. The van der Waals surface area contributed by atoms with E-state index in [-0.39, 0.29) is 4.47 Å². The Labute approximate surface area is 83.6 Å². The number of benzene rings is 1. The molecule has 0 radical (unpaired) electrons. The van der Waals surface area contributed by atoms with Crippen LogP contribution in [0.25, 0.3) is 0 Å². The largest absolute Gasteiger partial charge is 0.573 e. The van der Waals surface area contributed by atoms with Crippen molar-refractivity contribution in [2.45, 2.75) is 6.36 Å². The van der Waals surface area contributed by atoms with Gasteiger partial charge in [0.2, 0.25) is 5.82 Å². The highest BCUT2D eigenvalue weighted by Crippen LogP contribution is 2.29. The van der Waals surface area contributed by atoms with Crippen molar-refractivity contribution in [3.63, 3.8) is 0 Å². The van der Waals surface area contributed by atoms with Gasteiger partial charge in [-0.2, -0.15) is 4.39 Å². The summed E-state index contributed by atoms with van der Waals surface area (Å²) in [6.07, 6.45) is -5.05. The van der Waals surface area contributed by atoms with Gasteiger partial charge in [0.15, 0.2) is 11.6 Å². The van der Waals surface area contributed by atoms with Crippen LogP contribution in [-0.2, 0) is 0 Å². The van der Waals surface area contributed by atoms with Crippen LogP contribution in [-0.4, -0.2) is 6.36 Å². The van der Waals surface area contributed by atoms with Crippen molar-refractivity contribution in [3.05, 3.63) is 28.2 Å². The summed E-state index contributed by atoms with van der Waals surface area (Å²) >= 11 is 2.70. The summed E-state index contributed by atoms with van der Waals surface area (Å²) in [5.41, 5.74) is 0. The number of ether oxygens (including phenoxy) is 1. The van der Waals surface area contributed by atoms with Crippen LogP contribution < -0.4 is 4.74 Å². The zero-order valence-electron chi connectivity index (χ0n) is 6.33. The molecular weight excluding hydrogens is 275 g/mol. The topological polar surface area (TPSA) is 9.23 Å². The molecule has 0 N–H and O–H groups in total. The second-order valence-corrected chi connectivity index (χ2v) is 3.16. The molecule has 1 aromatic carbocycles. The molecule has 0 spiro atoms. The Kier molecular flexibility index (Phi) is 2.98. The molecule has 0 bridgehead atoms. The summed E-state index contributed by atoms with van der Waals surface area (Å²) in [6, 6.07) is 1.38. The summed E-state index contributed by atoms with van der Waals surface area (Å²) in [7, 11) is 0. The van der Waals surface area contributed by atoms with E-state index in [1.165, 1.54) is 0 Å². The van der Waals surface area contributed by atoms with Crippen LogP contribution in [0.15, 0.2) is 16.6 Å². The summed E-state index contributed by atoms with van der Waals surface area (Å²) in [5, 5.41) is 0. The third kappa shape index (κ3) is 2.83. The van der Waals surface area contributed by atoms with Gasteiger partial charge in [-0.15, -0.1) is 13.2 Å². The predicted octanol–water partition coefficient (Wildman–Crippen LogP) is 3.63. The average molecular weight is 277 g/mol. The zero-order valence-corrected chi connectivity index (χ0v) is 7.92. The van der Waals surface area contributed by atoms with Gasteiger partial charge in [0.05, 0.1) is 0 Å². The molecule has 0 heterocycles. The molecule has 1 nitrogen and oxygen atoms in total. The van der Waals surface area contributed by atoms with Crippen LogP contribution in [0.3, 0.4) is 0 Å². The lowest BCUT2D eigenvalue weighted by atomic mass is 10.3. The predicted molar refractivity (Wildman–Crippen MR) is 40.7 cm³/mol. The Balaban J connectivity index is 3.09. The fourth-order valence-electron chi connectivity index (χ4n) is 0.731. The van der Waals surface area contributed by atoms with Gasteiger partial charge in [-0.05, 0) is 12.1 Å². The van der Waals surface area contributed by atoms with E-state index in [9.17, 15) is 22.0 Å². The summed E-state index contributed by atoms with van der Waals surface area (Å²) in [4.78, 5) is 0. The van der Waals surface area contributed by atoms with Gasteiger partial charge in [-0.3, -0.25) is 0 Å². The monoisotopic (exact) mass is 276 g/mol. The highest BCUT2D eigenvalue weighted by molar-refractivity contribution is 9.10. The Bertz CT molecular complexity index is 349. The first-order valence-corrected chi connectivity index (χ1v) is 3.99. The van der Waals surface area contributed by atoms with Crippen LogP contribution in [0.4, 0.5) is 22.0 Å². The second kappa shape index (κ2) is 3.72. The number of hydrogen-bond acceptors (Lipinski definition) is 1. The van der Waals surface area contributed by atoms with E-state index >= 15 is 0 Å². The normalized spacial score (nSPS) is 11.6. The Morgan fingerprint density at radius 1 is 1.14 bits per heavy atom. The van der Waals surface area contributed by atoms with Gasteiger partial charge >= 0.3 is 6.36 Å². The van der Waals surface area contributed by atoms with Crippen molar-refractivity contribution in [1.82, 2.24) is 0 Å². The molecule has 0 saturated heterocycles. The summed E-state index contributed by atoms with van der Waals surface area (Å²) < 4.78 is 63.4. The minimum Gasteiger partial charge on any atom is -0.402 e. The van der Waals surface area contributed by atoms with Gasteiger partial charge in [-0.25, -0.2) is 4.39 Å². The quantitative estimate of drug-likeness (QED) is 0.562. The van der Waals surface area contributed by atoms with Crippen LogP contribution in [0.2, 0.25) is 0 Å². The van der Waals surface area contributed by atoms with Gasteiger partial charge in [0, 0.05) is 4.47 Å². The van der Waals surface area contributed by atoms with E-state index in [0.717, 1.165) is 0 Å². The highest BCUT2D eigenvalue weighted by atomic mass is 79.9. The summed E-state index contributed by atoms with van der Waals surface area (Å²) in [6.45, 7) is 0. The molecular formula is C7H2BrF5O. The van der Waals surface area contributed by atoms with Crippen LogP contribution in [0, 0.1) is 11.6 Å². The molecule has 0 amide bonds. The van der Waals surface area contributed by atoms with Crippen molar-refractivity contribution in [2.24, 2.45) is 0 Å². The van der Waals surface area contributed by atoms with Crippen LogP contribution >= 0.6 is 15.9 Å². The molecule has 0 aliphatic heterocycles. The van der Waals surface area contributed by atoms with E-state index in [1.54, 1.807) is 0 Å². The lowest BCUT2D eigenvalue weighted by Crippen LogP contribution is -2.18. The molecule has 0 fully saturated rings. The first-order valence-electron chi connectivity index (χ1n) is 3.20. The van der Waals surface area contributed by atoms with Crippen LogP contribution in [0.1, 0.15) is 0 Å². The third-order valence-corrected chi connectivity index (χ3v) is 1.64. The molecule has 14 heavy (non-hydrogen) atoms. The smallest absolute Gasteiger partial charge is 0.402 e. The molecule has 0 aliphatic rings. The standard InChI is InChI=1S/C7H2BrF5O/c8-3-1-4(9)6(10)5(2-3)14-7(11,12)13/h1-2H. The van der Waals surface area contributed by atoms with Gasteiger partial charge in [0.1, 0.15) is 0 Å². The Hall–Kier alpha value is -0.850. The Morgan fingerprint density at radius 2 is 1.71 bits per heavy atom.